The molecule has 1 fully saturated rings. The maximum atomic E-state index is 12.3. The van der Waals surface area contributed by atoms with Crippen LogP contribution in [0.1, 0.15) is 23.2 Å². The highest BCUT2D eigenvalue weighted by Gasteiger charge is 2.26. The second-order valence-corrected chi connectivity index (χ2v) is 5.10. The topological polar surface area (TPSA) is 70.0 Å². The summed E-state index contributed by atoms with van der Waals surface area (Å²) in [5, 5.41) is 19.2. The van der Waals surface area contributed by atoms with Crippen molar-refractivity contribution in [2.45, 2.75) is 18.9 Å². The highest BCUT2D eigenvalue weighted by Crippen LogP contribution is 2.29. The Morgan fingerprint density at radius 2 is 2.05 bits per heavy atom. The average Bonchev–Trinajstić information content (AvgIpc) is 2.48. The fourth-order valence-corrected chi connectivity index (χ4v) is 2.40. The van der Waals surface area contributed by atoms with E-state index in [1.807, 2.05) is 0 Å². The van der Waals surface area contributed by atoms with Crippen molar-refractivity contribution in [3.63, 3.8) is 0 Å². The van der Waals surface area contributed by atoms with E-state index in [2.05, 4.69) is 0 Å². The number of amides is 1. The number of rotatable bonds is 4. The van der Waals surface area contributed by atoms with E-state index >= 15 is 0 Å². The first-order valence-electron chi connectivity index (χ1n) is 6.61. The van der Waals surface area contributed by atoms with Gasteiger partial charge in [-0.15, -0.1) is 11.6 Å². The van der Waals surface area contributed by atoms with Gasteiger partial charge in [-0.3, -0.25) is 4.79 Å². The molecule has 2 rings (SSSR count). The van der Waals surface area contributed by atoms with E-state index < -0.39 is 0 Å². The van der Waals surface area contributed by atoms with E-state index in [1.54, 1.807) is 11.0 Å². The number of benzene rings is 1. The summed E-state index contributed by atoms with van der Waals surface area (Å²) in [7, 11) is 0. The monoisotopic (exact) mass is 299 g/mol. The van der Waals surface area contributed by atoms with Crippen LogP contribution in [0.15, 0.2) is 18.2 Å². The molecule has 1 saturated heterocycles. The van der Waals surface area contributed by atoms with E-state index in [9.17, 15) is 15.0 Å². The third-order valence-electron chi connectivity index (χ3n) is 3.41. The van der Waals surface area contributed by atoms with Crippen molar-refractivity contribution in [2.75, 3.05) is 25.6 Å². The molecular weight excluding hydrogens is 282 g/mol. The van der Waals surface area contributed by atoms with Crippen LogP contribution in [0.25, 0.3) is 0 Å². The molecule has 0 bridgehead atoms. The molecule has 1 heterocycles. The summed E-state index contributed by atoms with van der Waals surface area (Å²) in [5.74, 6) is -0.445. The number of piperidine rings is 1. The van der Waals surface area contributed by atoms with Gasteiger partial charge < -0.3 is 19.8 Å². The molecule has 1 aliphatic rings. The lowest BCUT2D eigenvalue weighted by Gasteiger charge is -2.32. The number of carbonyl (C=O) groups excluding carboxylic acids is 1. The van der Waals surface area contributed by atoms with Crippen LogP contribution in [0.5, 0.6) is 11.5 Å². The van der Waals surface area contributed by atoms with Crippen LogP contribution < -0.4 is 0 Å². The molecule has 0 atom stereocenters. The molecule has 1 aliphatic heterocycles. The minimum Gasteiger partial charge on any atom is -0.504 e. The van der Waals surface area contributed by atoms with Gasteiger partial charge in [0.15, 0.2) is 11.5 Å². The third-order valence-corrected chi connectivity index (χ3v) is 3.56. The Morgan fingerprint density at radius 1 is 1.35 bits per heavy atom. The first-order valence-corrected chi connectivity index (χ1v) is 7.14. The van der Waals surface area contributed by atoms with Crippen molar-refractivity contribution in [1.29, 1.82) is 0 Å². The molecule has 0 aliphatic carbocycles. The van der Waals surface area contributed by atoms with Crippen LogP contribution >= 0.6 is 11.6 Å². The molecule has 2 N–H and O–H groups in total. The van der Waals surface area contributed by atoms with Crippen LogP contribution in [-0.2, 0) is 4.74 Å². The maximum Gasteiger partial charge on any atom is 0.257 e. The zero-order chi connectivity index (χ0) is 14.5. The summed E-state index contributed by atoms with van der Waals surface area (Å²) in [6.45, 7) is 1.66. The Morgan fingerprint density at radius 3 is 2.70 bits per heavy atom. The standard InChI is InChI=1S/C14H18ClNO4/c15-6-9-20-10-4-7-16(8-5-10)14(19)11-2-1-3-12(17)13(11)18/h1-3,10,17-18H,4-9H2. The summed E-state index contributed by atoms with van der Waals surface area (Å²) >= 11 is 5.57. The van der Waals surface area contributed by atoms with Crippen molar-refractivity contribution >= 4 is 17.5 Å². The molecule has 5 nitrogen and oxygen atoms in total. The first-order chi connectivity index (χ1) is 9.63. The molecule has 0 radical (unpaired) electrons. The SMILES string of the molecule is O=C(c1cccc(O)c1O)N1CCC(OCCCl)CC1. The van der Waals surface area contributed by atoms with Gasteiger partial charge in [-0.2, -0.15) is 0 Å². The third kappa shape index (κ3) is 3.35. The number of phenols is 2. The van der Waals surface area contributed by atoms with Gasteiger partial charge in [0.1, 0.15) is 0 Å². The van der Waals surface area contributed by atoms with Crippen molar-refractivity contribution in [3.8, 4) is 11.5 Å². The zero-order valence-electron chi connectivity index (χ0n) is 11.1. The summed E-state index contributed by atoms with van der Waals surface area (Å²) < 4.78 is 5.55. The normalized spacial score (nSPS) is 16.4. The minimum absolute atomic E-state index is 0.130. The lowest BCUT2D eigenvalue weighted by Crippen LogP contribution is -2.41. The van der Waals surface area contributed by atoms with E-state index in [0.29, 0.717) is 25.6 Å². The Balaban J connectivity index is 1.96. The van der Waals surface area contributed by atoms with Crippen molar-refractivity contribution in [1.82, 2.24) is 4.90 Å². The molecule has 0 unspecified atom stereocenters. The Hall–Kier alpha value is -1.46. The maximum absolute atomic E-state index is 12.3. The van der Waals surface area contributed by atoms with Gasteiger partial charge in [0.05, 0.1) is 18.3 Å². The number of nitrogens with zero attached hydrogens (tertiary/aromatic N) is 1. The number of phenolic OH excluding ortho intramolecular Hbond substituents is 2. The van der Waals surface area contributed by atoms with Crippen molar-refractivity contribution < 1.29 is 19.7 Å². The molecule has 110 valence electrons. The molecule has 0 spiro atoms. The number of ether oxygens (including phenoxy) is 1. The minimum atomic E-state index is -0.363. The van der Waals surface area contributed by atoms with E-state index in [-0.39, 0.29) is 29.1 Å². The van der Waals surface area contributed by atoms with Crippen LogP contribution in [0.2, 0.25) is 0 Å². The second kappa shape index (κ2) is 6.81. The first kappa shape index (κ1) is 14.9. The fourth-order valence-electron chi connectivity index (χ4n) is 2.31. The number of alkyl halides is 1. The van der Waals surface area contributed by atoms with Crippen LogP contribution in [0.3, 0.4) is 0 Å². The Labute approximate surface area is 122 Å². The average molecular weight is 300 g/mol. The molecule has 1 aromatic carbocycles. The van der Waals surface area contributed by atoms with Crippen molar-refractivity contribution in [2.24, 2.45) is 0 Å². The van der Waals surface area contributed by atoms with E-state index in [0.717, 1.165) is 12.8 Å². The number of likely N-dealkylation sites (tertiary alicyclic amines) is 1. The Bertz CT molecular complexity index is 472. The molecule has 20 heavy (non-hydrogen) atoms. The second-order valence-electron chi connectivity index (χ2n) is 4.72. The molecule has 1 amide bonds. The summed E-state index contributed by atoms with van der Waals surface area (Å²) in [6.07, 6.45) is 1.64. The molecule has 6 heteroatoms. The fraction of sp³-hybridized carbons (Fsp3) is 0.500. The summed E-state index contributed by atoms with van der Waals surface area (Å²) in [6, 6.07) is 4.39. The van der Waals surface area contributed by atoms with Crippen molar-refractivity contribution in [3.05, 3.63) is 23.8 Å². The van der Waals surface area contributed by atoms with Gasteiger partial charge in [-0.25, -0.2) is 0 Å². The van der Waals surface area contributed by atoms with E-state index in [1.165, 1.54) is 12.1 Å². The summed E-state index contributed by atoms with van der Waals surface area (Å²) in [5.41, 5.74) is 0.130. The zero-order valence-corrected chi connectivity index (χ0v) is 11.8. The number of hydrogen-bond acceptors (Lipinski definition) is 4. The molecule has 0 aromatic heterocycles. The van der Waals surface area contributed by atoms with Gasteiger partial charge in [0.25, 0.3) is 5.91 Å². The highest BCUT2D eigenvalue weighted by atomic mass is 35.5. The van der Waals surface area contributed by atoms with Crippen LogP contribution in [0, 0.1) is 0 Å². The molecular formula is C14H18ClNO4. The number of hydrogen-bond donors (Lipinski definition) is 2. The van der Waals surface area contributed by atoms with Gasteiger partial charge in [0.2, 0.25) is 0 Å². The quantitative estimate of drug-likeness (QED) is 0.658. The highest BCUT2D eigenvalue weighted by molar-refractivity contribution is 6.17. The van der Waals surface area contributed by atoms with Gasteiger partial charge in [-0.1, -0.05) is 6.07 Å². The van der Waals surface area contributed by atoms with E-state index in [4.69, 9.17) is 16.3 Å². The predicted molar refractivity (Wildman–Crippen MR) is 75.4 cm³/mol. The smallest absolute Gasteiger partial charge is 0.257 e. The van der Waals surface area contributed by atoms with Gasteiger partial charge >= 0.3 is 0 Å². The Kier molecular flexibility index (Phi) is 5.09. The molecule has 0 saturated carbocycles. The van der Waals surface area contributed by atoms with Crippen LogP contribution in [0.4, 0.5) is 0 Å². The largest absolute Gasteiger partial charge is 0.504 e. The number of halogens is 1. The summed E-state index contributed by atoms with van der Waals surface area (Å²) in [4.78, 5) is 13.9. The lowest BCUT2D eigenvalue weighted by molar-refractivity contribution is 0.0153. The number of carbonyl (C=O) groups is 1. The number of para-hydroxylation sites is 1. The number of aromatic hydroxyl groups is 2. The van der Waals surface area contributed by atoms with Gasteiger partial charge in [0, 0.05) is 19.0 Å². The van der Waals surface area contributed by atoms with Crippen LogP contribution in [-0.4, -0.2) is 52.7 Å². The lowest BCUT2D eigenvalue weighted by atomic mass is 10.1. The van der Waals surface area contributed by atoms with Gasteiger partial charge in [-0.05, 0) is 25.0 Å². The predicted octanol–water partition coefficient (Wildman–Crippen LogP) is 1.96. The molecule has 1 aromatic rings.